The first-order valence-corrected chi connectivity index (χ1v) is 11.6. The molecule has 1 amide bonds. The van der Waals surface area contributed by atoms with E-state index in [0.717, 1.165) is 20.6 Å². The summed E-state index contributed by atoms with van der Waals surface area (Å²) in [5.41, 5.74) is 2.25. The molecule has 8 nitrogen and oxygen atoms in total. The van der Waals surface area contributed by atoms with Crippen LogP contribution in [0.5, 0.6) is 11.5 Å². The number of thiazole rings is 1. The molecule has 0 fully saturated rings. The van der Waals surface area contributed by atoms with Crippen molar-refractivity contribution in [2.45, 2.75) is 11.8 Å². The van der Waals surface area contributed by atoms with Crippen molar-refractivity contribution < 1.29 is 22.7 Å². The van der Waals surface area contributed by atoms with Gasteiger partial charge in [0, 0.05) is 29.7 Å². The Morgan fingerprint density at radius 1 is 1.13 bits per heavy atom. The third-order valence-electron chi connectivity index (χ3n) is 4.49. The smallest absolute Gasteiger partial charge is 0.243 e. The molecule has 0 saturated heterocycles. The first-order valence-electron chi connectivity index (χ1n) is 9.25. The normalized spacial score (nSPS) is 11.4. The van der Waals surface area contributed by atoms with Crippen molar-refractivity contribution in [2.75, 3.05) is 33.1 Å². The molecule has 10 heteroatoms. The Balaban J connectivity index is 1.72. The van der Waals surface area contributed by atoms with Gasteiger partial charge in [0.2, 0.25) is 15.9 Å². The van der Waals surface area contributed by atoms with Gasteiger partial charge in [0.25, 0.3) is 0 Å². The number of aryl methyl sites for hydroxylation is 1. The number of hydrogen-bond acceptors (Lipinski definition) is 7. The highest BCUT2D eigenvalue weighted by Gasteiger charge is 2.24. The fourth-order valence-corrected chi connectivity index (χ4v) is 4.66. The van der Waals surface area contributed by atoms with Crippen LogP contribution in [0.25, 0.3) is 11.3 Å². The molecule has 1 heterocycles. The van der Waals surface area contributed by atoms with Crippen LogP contribution in [0.15, 0.2) is 52.7 Å². The lowest BCUT2D eigenvalue weighted by Gasteiger charge is -2.18. The lowest BCUT2D eigenvalue weighted by atomic mass is 10.1. The van der Waals surface area contributed by atoms with Crippen LogP contribution in [-0.2, 0) is 14.8 Å². The third-order valence-corrected chi connectivity index (χ3v) is 7.06. The van der Waals surface area contributed by atoms with E-state index in [9.17, 15) is 13.2 Å². The zero-order chi connectivity index (χ0) is 22.6. The van der Waals surface area contributed by atoms with Gasteiger partial charge >= 0.3 is 0 Å². The van der Waals surface area contributed by atoms with Crippen molar-refractivity contribution >= 4 is 33.0 Å². The number of aromatic nitrogens is 1. The lowest BCUT2D eigenvalue weighted by molar-refractivity contribution is -0.116. The molecule has 164 valence electrons. The fourth-order valence-electron chi connectivity index (χ4n) is 2.90. The molecule has 0 radical (unpaired) electrons. The monoisotopic (exact) mass is 461 g/mol. The predicted octanol–water partition coefficient (Wildman–Crippen LogP) is 3.39. The van der Waals surface area contributed by atoms with E-state index in [4.69, 9.17) is 9.47 Å². The van der Waals surface area contributed by atoms with Crippen LogP contribution in [0.4, 0.5) is 5.69 Å². The van der Waals surface area contributed by atoms with E-state index in [-0.39, 0.29) is 17.2 Å². The number of carbonyl (C=O) groups is 1. The molecule has 2 aromatic carbocycles. The molecule has 0 aliphatic heterocycles. The number of hydrogen-bond donors (Lipinski definition) is 1. The molecule has 0 saturated carbocycles. The van der Waals surface area contributed by atoms with E-state index in [1.54, 1.807) is 23.5 Å². The number of carbonyl (C=O) groups excluding carboxylic acids is 1. The van der Waals surface area contributed by atoms with E-state index >= 15 is 0 Å². The number of amides is 1. The van der Waals surface area contributed by atoms with Crippen LogP contribution < -0.4 is 14.8 Å². The Bertz CT molecular complexity index is 1190. The minimum Gasteiger partial charge on any atom is -0.493 e. The second-order valence-corrected chi connectivity index (χ2v) is 9.77. The average molecular weight is 462 g/mol. The number of likely N-dealkylation sites (N-methyl/N-ethyl adjacent to an activating group) is 1. The molecule has 0 aliphatic carbocycles. The van der Waals surface area contributed by atoms with E-state index in [1.807, 2.05) is 24.4 Å². The summed E-state index contributed by atoms with van der Waals surface area (Å²) in [6, 6.07) is 11.5. The van der Waals surface area contributed by atoms with Crippen molar-refractivity contribution in [3.63, 3.8) is 0 Å². The number of anilines is 1. The van der Waals surface area contributed by atoms with Gasteiger partial charge in [-0.05, 0) is 31.2 Å². The standard InChI is InChI=1S/C21H23N3O5S2/c1-14-22-18(13-30-14)15-6-5-7-16(10-15)23-21(25)12-24(2)31(26,27)17-8-9-19(28-3)20(11-17)29-4/h5-11,13H,12H2,1-4H3,(H,23,25). The Morgan fingerprint density at radius 2 is 1.87 bits per heavy atom. The SMILES string of the molecule is COc1ccc(S(=O)(=O)N(C)CC(=O)Nc2cccc(-c3csc(C)n3)c2)cc1OC. The van der Waals surface area contributed by atoms with E-state index in [1.165, 1.54) is 39.5 Å². The summed E-state index contributed by atoms with van der Waals surface area (Å²) in [5.74, 6) is 0.241. The Kier molecular flexibility index (Phi) is 6.94. The number of sulfonamides is 1. The first-order chi connectivity index (χ1) is 14.7. The summed E-state index contributed by atoms with van der Waals surface area (Å²) >= 11 is 1.54. The van der Waals surface area contributed by atoms with Crippen LogP contribution in [-0.4, -0.2) is 51.4 Å². The Morgan fingerprint density at radius 3 is 2.52 bits per heavy atom. The molecule has 0 atom stereocenters. The van der Waals surface area contributed by atoms with Crippen molar-refractivity contribution in [1.82, 2.24) is 9.29 Å². The molecule has 3 aromatic rings. The summed E-state index contributed by atoms with van der Waals surface area (Å²) in [6.07, 6.45) is 0. The van der Waals surface area contributed by atoms with Crippen LogP contribution >= 0.6 is 11.3 Å². The van der Waals surface area contributed by atoms with Crippen molar-refractivity contribution in [3.05, 3.63) is 52.9 Å². The number of nitrogens with zero attached hydrogens (tertiary/aromatic N) is 2. The maximum Gasteiger partial charge on any atom is 0.243 e. The highest BCUT2D eigenvalue weighted by molar-refractivity contribution is 7.89. The van der Waals surface area contributed by atoms with E-state index in [0.29, 0.717) is 11.4 Å². The molecular formula is C21H23N3O5S2. The van der Waals surface area contributed by atoms with Gasteiger partial charge in [-0.3, -0.25) is 4.79 Å². The number of benzene rings is 2. The van der Waals surface area contributed by atoms with Gasteiger partial charge < -0.3 is 14.8 Å². The average Bonchev–Trinajstić information content (AvgIpc) is 3.19. The number of methoxy groups -OCH3 is 2. The highest BCUT2D eigenvalue weighted by atomic mass is 32.2. The molecule has 1 N–H and O–H groups in total. The van der Waals surface area contributed by atoms with Crippen LogP contribution in [0.3, 0.4) is 0 Å². The Labute approximate surface area is 185 Å². The molecular weight excluding hydrogens is 438 g/mol. The summed E-state index contributed by atoms with van der Waals surface area (Å²) in [6.45, 7) is 1.57. The highest BCUT2D eigenvalue weighted by Crippen LogP contribution is 2.30. The topological polar surface area (TPSA) is 97.8 Å². The third kappa shape index (κ3) is 5.22. The molecule has 0 spiro atoms. The van der Waals surface area contributed by atoms with Gasteiger partial charge in [-0.15, -0.1) is 11.3 Å². The summed E-state index contributed by atoms with van der Waals surface area (Å²) in [7, 11) is 0.332. The van der Waals surface area contributed by atoms with Gasteiger partial charge in [-0.1, -0.05) is 12.1 Å². The largest absolute Gasteiger partial charge is 0.493 e. The minimum atomic E-state index is -3.90. The van der Waals surface area contributed by atoms with Crippen LogP contribution in [0.1, 0.15) is 5.01 Å². The Hall–Kier alpha value is -2.95. The van der Waals surface area contributed by atoms with Gasteiger partial charge in [0.05, 0.1) is 36.4 Å². The van der Waals surface area contributed by atoms with Gasteiger partial charge in [-0.25, -0.2) is 13.4 Å². The van der Waals surface area contributed by atoms with Crippen molar-refractivity contribution in [3.8, 4) is 22.8 Å². The number of rotatable bonds is 8. The summed E-state index contributed by atoms with van der Waals surface area (Å²) < 4.78 is 37.0. The van der Waals surface area contributed by atoms with Gasteiger partial charge in [-0.2, -0.15) is 4.31 Å². The van der Waals surface area contributed by atoms with E-state index < -0.39 is 15.9 Å². The minimum absolute atomic E-state index is 0.00125. The second-order valence-electron chi connectivity index (χ2n) is 6.66. The maximum atomic E-state index is 12.9. The lowest BCUT2D eigenvalue weighted by Crippen LogP contribution is -2.35. The van der Waals surface area contributed by atoms with Gasteiger partial charge in [0.15, 0.2) is 11.5 Å². The fraction of sp³-hybridized carbons (Fsp3) is 0.238. The summed E-state index contributed by atoms with van der Waals surface area (Å²) in [5, 5.41) is 5.63. The predicted molar refractivity (Wildman–Crippen MR) is 120 cm³/mol. The molecule has 1 aromatic heterocycles. The molecule has 0 unspecified atom stereocenters. The quantitative estimate of drug-likeness (QED) is 0.552. The van der Waals surface area contributed by atoms with E-state index in [2.05, 4.69) is 10.3 Å². The van der Waals surface area contributed by atoms with Crippen molar-refractivity contribution in [1.29, 1.82) is 0 Å². The first kappa shape index (κ1) is 22.7. The van der Waals surface area contributed by atoms with Crippen LogP contribution in [0.2, 0.25) is 0 Å². The van der Waals surface area contributed by atoms with Gasteiger partial charge in [0.1, 0.15) is 0 Å². The molecule has 0 aliphatic rings. The summed E-state index contributed by atoms with van der Waals surface area (Å²) in [4.78, 5) is 16.9. The molecule has 0 bridgehead atoms. The zero-order valence-electron chi connectivity index (χ0n) is 17.6. The van der Waals surface area contributed by atoms with Crippen LogP contribution in [0, 0.1) is 6.92 Å². The maximum absolute atomic E-state index is 12.9. The molecule has 3 rings (SSSR count). The number of ether oxygens (including phenoxy) is 2. The molecule has 31 heavy (non-hydrogen) atoms. The van der Waals surface area contributed by atoms with Crippen molar-refractivity contribution in [2.24, 2.45) is 0 Å². The number of nitrogens with one attached hydrogen (secondary N) is 1. The zero-order valence-corrected chi connectivity index (χ0v) is 19.2. The second kappa shape index (κ2) is 9.46.